The van der Waals surface area contributed by atoms with Crippen molar-refractivity contribution in [3.63, 3.8) is 0 Å². The first kappa shape index (κ1) is 25.4. The minimum atomic E-state index is -0.298. The second kappa shape index (κ2) is 10.7. The van der Waals surface area contributed by atoms with Crippen LogP contribution in [0.2, 0.25) is 5.02 Å². The normalized spacial score (nSPS) is 28.5. The molecule has 4 aliphatic rings. The van der Waals surface area contributed by atoms with Crippen molar-refractivity contribution >= 4 is 35.0 Å². The highest BCUT2D eigenvalue weighted by atomic mass is 35.5. The zero-order chi connectivity index (χ0) is 26.2. The molecule has 0 radical (unpaired) electrons. The molecule has 202 valence electrons. The number of halogens is 1. The van der Waals surface area contributed by atoms with Gasteiger partial charge in [0.1, 0.15) is 10.8 Å². The number of primary amides is 1. The molecule has 4 N–H and O–H groups in total. The number of aromatic nitrogens is 2. The van der Waals surface area contributed by atoms with E-state index in [0.29, 0.717) is 22.8 Å². The molecule has 9 nitrogen and oxygen atoms in total. The van der Waals surface area contributed by atoms with Gasteiger partial charge in [-0.15, -0.1) is 0 Å². The predicted molar refractivity (Wildman–Crippen MR) is 147 cm³/mol. The molecule has 10 heteroatoms. The summed E-state index contributed by atoms with van der Waals surface area (Å²) in [6.07, 6.45) is 11.0. The number of carbonyl (C=O) groups excluding carboxylic acids is 1. The van der Waals surface area contributed by atoms with Gasteiger partial charge in [0.15, 0.2) is 5.82 Å². The number of rotatable bonds is 7. The maximum atomic E-state index is 12.2. The summed E-state index contributed by atoms with van der Waals surface area (Å²) in [7, 11) is 1.72. The van der Waals surface area contributed by atoms with E-state index in [1.807, 2.05) is 6.07 Å². The van der Waals surface area contributed by atoms with Gasteiger partial charge in [-0.25, -0.2) is 4.98 Å². The molecule has 5 atom stereocenters. The molecule has 0 unspecified atom stereocenters. The lowest BCUT2D eigenvalue weighted by Crippen LogP contribution is -2.43. The van der Waals surface area contributed by atoms with Gasteiger partial charge in [-0.2, -0.15) is 4.98 Å². The van der Waals surface area contributed by atoms with Gasteiger partial charge in [0.25, 0.3) is 0 Å². The average molecular weight is 539 g/mol. The van der Waals surface area contributed by atoms with Crippen molar-refractivity contribution in [1.82, 2.24) is 14.9 Å². The number of benzene rings is 1. The summed E-state index contributed by atoms with van der Waals surface area (Å²) in [6.45, 7) is 3.66. The Balaban J connectivity index is 1.21. The van der Waals surface area contributed by atoms with Crippen LogP contribution < -0.4 is 21.1 Å². The lowest BCUT2D eigenvalue weighted by molar-refractivity contribution is -0.122. The van der Waals surface area contributed by atoms with E-state index in [-0.39, 0.29) is 29.7 Å². The van der Waals surface area contributed by atoms with E-state index in [1.54, 1.807) is 13.3 Å². The lowest BCUT2D eigenvalue weighted by atomic mass is 9.88. The summed E-state index contributed by atoms with van der Waals surface area (Å²) in [5.74, 6) is 1.55. The van der Waals surface area contributed by atoms with Crippen molar-refractivity contribution in [3.05, 3.63) is 46.6 Å². The first-order valence-corrected chi connectivity index (χ1v) is 13.9. The van der Waals surface area contributed by atoms with Crippen LogP contribution in [0.25, 0.3) is 0 Å². The Morgan fingerprint density at radius 2 is 1.97 bits per heavy atom. The Kier molecular flexibility index (Phi) is 7.16. The van der Waals surface area contributed by atoms with Crippen molar-refractivity contribution < 1.29 is 14.3 Å². The molecular weight excluding hydrogens is 504 g/mol. The molecule has 6 rings (SSSR count). The van der Waals surface area contributed by atoms with E-state index in [0.717, 1.165) is 69.8 Å². The van der Waals surface area contributed by atoms with Crippen LogP contribution in [-0.4, -0.2) is 66.3 Å². The third kappa shape index (κ3) is 4.83. The number of nitrogens with zero attached hydrogens (tertiary/aromatic N) is 3. The van der Waals surface area contributed by atoms with E-state index < -0.39 is 0 Å². The molecule has 2 bridgehead atoms. The van der Waals surface area contributed by atoms with Crippen LogP contribution in [-0.2, 0) is 22.4 Å². The van der Waals surface area contributed by atoms with Crippen molar-refractivity contribution in [2.24, 2.45) is 23.5 Å². The van der Waals surface area contributed by atoms with Crippen LogP contribution in [0.5, 0.6) is 5.75 Å². The van der Waals surface area contributed by atoms with E-state index >= 15 is 0 Å². The third-order valence-electron chi connectivity index (χ3n) is 8.68. The Labute approximate surface area is 228 Å². The highest BCUT2D eigenvalue weighted by Gasteiger charge is 2.47. The number of allylic oxidation sites excluding steroid dienone is 1. The quantitative estimate of drug-likeness (QED) is 0.362. The van der Waals surface area contributed by atoms with Crippen LogP contribution >= 0.6 is 11.6 Å². The van der Waals surface area contributed by atoms with Crippen LogP contribution in [0, 0.1) is 17.8 Å². The molecule has 1 saturated carbocycles. The smallest absolute Gasteiger partial charge is 0.229 e. The fraction of sp³-hybridized carbons (Fsp3) is 0.536. The number of hydrogen-bond donors (Lipinski definition) is 3. The average Bonchev–Trinajstić information content (AvgIpc) is 3.46. The van der Waals surface area contributed by atoms with Crippen LogP contribution in [0.4, 0.5) is 17.5 Å². The van der Waals surface area contributed by atoms with Crippen LogP contribution in [0.1, 0.15) is 30.4 Å². The number of carbonyl (C=O) groups is 1. The van der Waals surface area contributed by atoms with E-state index in [2.05, 4.69) is 43.7 Å². The van der Waals surface area contributed by atoms with Gasteiger partial charge in [0, 0.05) is 25.2 Å². The second-order valence-electron chi connectivity index (χ2n) is 10.7. The molecule has 1 aliphatic heterocycles. The summed E-state index contributed by atoms with van der Waals surface area (Å²) >= 11 is 6.47. The van der Waals surface area contributed by atoms with Gasteiger partial charge >= 0.3 is 0 Å². The first-order chi connectivity index (χ1) is 18.5. The number of amides is 1. The van der Waals surface area contributed by atoms with Crippen LogP contribution in [0.3, 0.4) is 0 Å². The molecule has 3 aliphatic carbocycles. The van der Waals surface area contributed by atoms with Gasteiger partial charge in [-0.05, 0) is 61.1 Å². The van der Waals surface area contributed by atoms with Crippen molar-refractivity contribution in [2.45, 2.75) is 44.2 Å². The number of methoxy groups -OCH3 is 1. The monoisotopic (exact) mass is 538 g/mol. The number of nitrogens with one attached hydrogen (secondary N) is 2. The first-order valence-electron chi connectivity index (χ1n) is 13.6. The number of fused-ring (bicyclic) bond motifs is 3. The molecule has 1 aromatic heterocycles. The summed E-state index contributed by atoms with van der Waals surface area (Å²) in [5.41, 5.74) is 9.14. The topological polar surface area (TPSA) is 115 Å². The van der Waals surface area contributed by atoms with Crippen molar-refractivity contribution in [1.29, 1.82) is 0 Å². The van der Waals surface area contributed by atoms with E-state index in [9.17, 15) is 4.79 Å². The zero-order valence-corrected chi connectivity index (χ0v) is 22.4. The highest BCUT2D eigenvalue weighted by molar-refractivity contribution is 6.32. The maximum Gasteiger partial charge on any atom is 0.229 e. The number of nitrogens with two attached hydrogens (primary N) is 1. The van der Waals surface area contributed by atoms with Gasteiger partial charge < -0.3 is 25.8 Å². The SMILES string of the molecule is COc1c(Nc2ncc(Cl)c(N[C@@H]3[C@@H](C(N)=O)[C@@H]4C=C[C@H]3C4)n2)ccc2c1CC[C@@H](N1CCOCC1)CC2. The Morgan fingerprint density at radius 3 is 2.76 bits per heavy atom. The highest BCUT2D eigenvalue weighted by Crippen LogP contribution is 2.45. The van der Waals surface area contributed by atoms with E-state index in [4.69, 9.17) is 26.8 Å². The maximum absolute atomic E-state index is 12.2. The van der Waals surface area contributed by atoms with Gasteiger partial charge in [-0.1, -0.05) is 29.8 Å². The molecule has 1 saturated heterocycles. The number of aryl methyl sites for hydroxylation is 1. The largest absolute Gasteiger partial charge is 0.494 e. The molecule has 2 fully saturated rings. The minimum absolute atomic E-state index is 0.135. The van der Waals surface area contributed by atoms with Crippen molar-refractivity contribution in [3.8, 4) is 5.75 Å². The molecule has 1 aromatic carbocycles. The second-order valence-corrected chi connectivity index (χ2v) is 11.1. The molecule has 2 aromatic rings. The van der Waals surface area contributed by atoms with Crippen molar-refractivity contribution in [2.75, 3.05) is 44.0 Å². The number of anilines is 3. The molecule has 1 amide bonds. The Bertz CT molecular complexity index is 1230. The fourth-order valence-electron chi connectivity index (χ4n) is 6.81. The van der Waals surface area contributed by atoms with Gasteiger partial charge in [0.2, 0.25) is 11.9 Å². The van der Waals surface area contributed by atoms with Gasteiger partial charge in [0.05, 0.1) is 38.1 Å². The summed E-state index contributed by atoms with van der Waals surface area (Å²) in [5, 5.41) is 7.15. The number of ether oxygens (including phenoxy) is 2. The summed E-state index contributed by atoms with van der Waals surface area (Å²) in [6, 6.07) is 4.66. The zero-order valence-electron chi connectivity index (χ0n) is 21.7. The lowest BCUT2D eigenvalue weighted by Gasteiger charge is -2.34. The van der Waals surface area contributed by atoms with E-state index in [1.165, 1.54) is 11.1 Å². The third-order valence-corrected chi connectivity index (χ3v) is 8.96. The molecule has 38 heavy (non-hydrogen) atoms. The Morgan fingerprint density at radius 1 is 1.18 bits per heavy atom. The standard InChI is InChI=1S/C28H35ClN6O3/c1-37-25-20-8-7-19(35-10-12-38-13-11-35)6-4-16(20)5-9-22(25)32-28-31-15-21(29)27(34-28)33-24-18-3-2-17(14-18)23(24)26(30)36/h2-3,5,9,15,17-19,23-24H,4,6-8,10-14H2,1H3,(H2,30,36)(H2,31,32,33,34)/t17-,18+,19+,23+,24+/m1/s1. The predicted octanol–water partition coefficient (Wildman–Crippen LogP) is 3.55. The van der Waals surface area contributed by atoms with Gasteiger partial charge in [-0.3, -0.25) is 9.69 Å². The molecule has 2 heterocycles. The summed E-state index contributed by atoms with van der Waals surface area (Å²) < 4.78 is 11.5. The Hall–Kier alpha value is -2.88. The fourth-order valence-corrected chi connectivity index (χ4v) is 6.95. The molecular formula is C28H35ClN6O3. The van der Waals surface area contributed by atoms with Crippen LogP contribution in [0.15, 0.2) is 30.5 Å². The molecule has 0 spiro atoms. The minimum Gasteiger partial charge on any atom is -0.494 e. The number of hydrogen-bond acceptors (Lipinski definition) is 8. The summed E-state index contributed by atoms with van der Waals surface area (Å²) in [4.78, 5) is 23.8. The number of morpholine rings is 1.